The Bertz CT molecular complexity index is 123. The topological polar surface area (TPSA) is 0 Å². The fourth-order valence-corrected chi connectivity index (χ4v) is 9.82. The predicted molar refractivity (Wildman–Crippen MR) is 73.7 cm³/mol. The zero-order valence-electron chi connectivity index (χ0n) is 7.44. The molecule has 2 aliphatic heterocycles. The van der Waals surface area contributed by atoms with Crippen molar-refractivity contribution >= 4 is 54.9 Å². The largest absolute Gasteiger partial charge is 0.131 e. The number of hydrogen-bond donors (Lipinski definition) is 0. The van der Waals surface area contributed by atoms with E-state index < -0.39 is 0 Å². The monoisotopic (exact) mass is 270 g/mol. The molecule has 5 heteroatoms. The Morgan fingerprint density at radius 2 is 1.38 bits per heavy atom. The van der Waals surface area contributed by atoms with Gasteiger partial charge < -0.3 is 0 Å². The zero-order chi connectivity index (χ0) is 8.93. The molecule has 76 valence electrons. The average Bonchev–Trinajstić information content (AvgIpc) is 2.21. The van der Waals surface area contributed by atoms with E-state index in [0.29, 0.717) is 0 Å². The summed E-state index contributed by atoms with van der Waals surface area (Å²) in [6.45, 7) is 0. The van der Waals surface area contributed by atoms with Gasteiger partial charge in [-0.25, -0.2) is 0 Å². The van der Waals surface area contributed by atoms with Crippen LogP contribution in [0.25, 0.3) is 0 Å². The van der Waals surface area contributed by atoms with E-state index in [1.165, 1.54) is 37.2 Å². The van der Waals surface area contributed by atoms with E-state index >= 15 is 0 Å². The van der Waals surface area contributed by atoms with E-state index in [4.69, 9.17) is 0 Å². The molecule has 0 amide bonds. The van der Waals surface area contributed by atoms with Crippen LogP contribution in [0.5, 0.6) is 0 Å². The van der Waals surface area contributed by atoms with Crippen molar-refractivity contribution in [3.63, 3.8) is 0 Å². The van der Waals surface area contributed by atoms with E-state index in [0.717, 1.165) is 9.16 Å². The smallest absolute Gasteiger partial charge is 0.0617 e. The Hall–Kier alpha value is 1.75. The SMILES string of the molecule is C1CSSC(SC2CCCSS2)C1. The first-order valence-electron chi connectivity index (χ1n) is 4.67. The normalized spacial score (nSPS) is 36.0. The molecule has 0 saturated carbocycles. The van der Waals surface area contributed by atoms with Crippen LogP contribution in [0, 0.1) is 0 Å². The van der Waals surface area contributed by atoms with Crippen LogP contribution in [0.15, 0.2) is 0 Å². The number of thioether (sulfide) groups is 1. The summed E-state index contributed by atoms with van der Waals surface area (Å²) < 4.78 is 1.77. The molecule has 0 aromatic heterocycles. The summed E-state index contributed by atoms with van der Waals surface area (Å²) >= 11 is 2.23. The van der Waals surface area contributed by atoms with Gasteiger partial charge in [0.1, 0.15) is 0 Å². The quantitative estimate of drug-likeness (QED) is 0.664. The minimum absolute atomic E-state index is 0.884. The highest BCUT2D eigenvalue weighted by Crippen LogP contribution is 2.49. The Balaban J connectivity index is 1.69. The lowest BCUT2D eigenvalue weighted by Gasteiger charge is -2.26. The number of hydrogen-bond acceptors (Lipinski definition) is 5. The summed E-state index contributed by atoms with van der Waals surface area (Å²) in [7, 11) is 8.37. The predicted octanol–water partition coefficient (Wildman–Crippen LogP) is 4.72. The molecule has 0 nitrogen and oxygen atoms in total. The molecule has 0 N–H and O–H groups in total. The third kappa shape index (κ3) is 4.01. The van der Waals surface area contributed by atoms with Crippen molar-refractivity contribution < 1.29 is 0 Å². The molecule has 13 heavy (non-hydrogen) atoms. The van der Waals surface area contributed by atoms with Crippen molar-refractivity contribution in [2.24, 2.45) is 0 Å². The molecular weight excluding hydrogens is 256 g/mol. The maximum absolute atomic E-state index is 2.23. The first-order chi connectivity index (χ1) is 6.45. The van der Waals surface area contributed by atoms with Gasteiger partial charge >= 0.3 is 0 Å². The molecule has 2 atom stereocenters. The second-order valence-electron chi connectivity index (χ2n) is 3.12. The molecule has 0 aromatic carbocycles. The molecule has 0 spiro atoms. The van der Waals surface area contributed by atoms with Crippen LogP contribution in [0.2, 0.25) is 0 Å². The van der Waals surface area contributed by atoms with Crippen molar-refractivity contribution in [1.82, 2.24) is 0 Å². The summed E-state index contributed by atoms with van der Waals surface area (Å²) in [5, 5.41) is 0. The highest BCUT2D eigenvalue weighted by atomic mass is 33.1. The molecule has 2 fully saturated rings. The molecule has 0 aliphatic carbocycles. The van der Waals surface area contributed by atoms with Gasteiger partial charge in [0.05, 0.1) is 9.16 Å². The van der Waals surface area contributed by atoms with Crippen LogP contribution >= 0.6 is 54.9 Å². The van der Waals surface area contributed by atoms with Gasteiger partial charge in [0.2, 0.25) is 0 Å². The Kier molecular flexibility index (Phi) is 5.50. The van der Waals surface area contributed by atoms with Gasteiger partial charge in [-0.2, -0.15) is 0 Å². The van der Waals surface area contributed by atoms with Crippen LogP contribution in [-0.4, -0.2) is 20.7 Å². The van der Waals surface area contributed by atoms with E-state index in [2.05, 4.69) is 54.9 Å². The Labute approximate surface area is 101 Å². The zero-order valence-corrected chi connectivity index (χ0v) is 11.5. The minimum atomic E-state index is 0.884. The Morgan fingerprint density at radius 1 is 0.846 bits per heavy atom. The summed E-state index contributed by atoms with van der Waals surface area (Å²) in [5.41, 5.74) is 0. The van der Waals surface area contributed by atoms with Crippen LogP contribution in [0.3, 0.4) is 0 Å². The molecule has 2 unspecified atom stereocenters. The molecular formula is C8H14S5. The molecule has 2 aliphatic rings. The van der Waals surface area contributed by atoms with Crippen molar-refractivity contribution in [2.75, 3.05) is 11.5 Å². The van der Waals surface area contributed by atoms with E-state index in [9.17, 15) is 0 Å². The van der Waals surface area contributed by atoms with Gasteiger partial charge in [0.15, 0.2) is 0 Å². The fraction of sp³-hybridized carbons (Fsp3) is 1.00. The van der Waals surface area contributed by atoms with Crippen molar-refractivity contribution in [1.29, 1.82) is 0 Å². The first kappa shape index (κ1) is 11.2. The first-order valence-corrected chi connectivity index (χ1v) is 10.4. The standard InChI is InChI=1S/C8H14S5/c1-3-7(12-9-5-1)11-8-4-2-6-10-13-8/h7-8H,1-6H2. The Morgan fingerprint density at radius 3 is 1.77 bits per heavy atom. The molecule has 0 radical (unpaired) electrons. The lowest BCUT2D eigenvalue weighted by atomic mass is 10.4. The molecule has 0 aromatic rings. The van der Waals surface area contributed by atoms with E-state index in [-0.39, 0.29) is 0 Å². The molecule has 2 heterocycles. The van der Waals surface area contributed by atoms with E-state index in [1.54, 1.807) is 0 Å². The summed E-state index contributed by atoms with van der Waals surface area (Å²) in [4.78, 5) is 0. The maximum atomic E-state index is 2.23. The highest BCUT2D eigenvalue weighted by Gasteiger charge is 2.22. The lowest BCUT2D eigenvalue weighted by Crippen LogP contribution is -2.09. The van der Waals surface area contributed by atoms with Crippen molar-refractivity contribution in [3.8, 4) is 0 Å². The van der Waals surface area contributed by atoms with Gasteiger partial charge in [0, 0.05) is 11.5 Å². The highest BCUT2D eigenvalue weighted by molar-refractivity contribution is 8.80. The van der Waals surface area contributed by atoms with Gasteiger partial charge in [-0.05, 0) is 25.7 Å². The van der Waals surface area contributed by atoms with Crippen LogP contribution in [-0.2, 0) is 0 Å². The summed E-state index contributed by atoms with van der Waals surface area (Å²) in [6, 6.07) is 0. The van der Waals surface area contributed by atoms with E-state index in [1.807, 2.05) is 0 Å². The van der Waals surface area contributed by atoms with Crippen LogP contribution < -0.4 is 0 Å². The molecule has 2 saturated heterocycles. The fourth-order valence-electron chi connectivity index (χ4n) is 1.31. The molecule has 0 bridgehead atoms. The minimum Gasteiger partial charge on any atom is -0.131 e. The third-order valence-electron chi connectivity index (χ3n) is 1.99. The van der Waals surface area contributed by atoms with Gasteiger partial charge in [0.25, 0.3) is 0 Å². The molecule has 2 rings (SSSR count). The van der Waals surface area contributed by atoms with Gasteiger partial charge in [-0.15, -0.1) is 11.8 Å². The summed E-state index contributed by atoms with van der Waals surface area (Å²) in [6.07, 6.45) is 5.73. The second kappa shape index (κ2) is 6.36. The lowest BCUT2D eigenvalue weighted by molar-refractivity contribution is 0.856. The average molecular weight is 271 g/mol. The van der Waals surface area contributed by atoms with Crippen molar-refractivity contribution in [2.45, 2.75) is 34.8 Å². The van der Waals surface area contributed by atoms with Crippen LogP contribution in [0.1, 0.15) is 25.7 Å². The maximum Gasteiger partial charge on any atom is 0.0617 e. The van der Waals surface area contributed by atoms with Gasteiger partial charge in [-0.3, -0.25) is 0 Å². The van der Waals surface area contributed by atoms with Gasteiger partial charge in [-0.1, -0.05) is 43.2 Å². The van der Waals surface area contributed by atoms with Crippen LogP contribution in [0.4, 0.5) is 0 Å². The summed E-state index contributed by atoms with van der Waals surface area (Å²) in [5.74, 6) is 2.74. The number of rotatable bonds is 2. The van der Waals surface area contributed by atoms with Crippen molar-refractivity contribution in [3.05, 3.63) is 0 Å². The third-order valence-corrected chi connectivity index (χ3v) is 10.3. The second-order valence-corrected chi connectivity index (χ2v) is 10.5.